The number of sulfonamides is 1. The normalized spacial score (nSPS) is 17.9. The van der Waals surface area contributed by atoms with E-state index >= 15 is 0 Å². The van der Waals surface area contributed by atoms with E-state index in [0.29, 0.717) is 5.92 Å². The van der Waals surface area contributed by atoms with Crippen molar-refractivity contribution in [2.24, 2.45) is 5.92 Å². The van der Waals surface area contributed by atoms with E-state index in [9.17, 15) is 8.42 Å². The molecule has 1 unspecified atom stereocenters. The predicted octanol–water partition coefficient (Wildman–Crippen LogP) is 1.13. The van der Waals surface area contributed by atoms with Gasteiger partial charge < -0.3 is 5.73 Å². The fraction of sp³-hybridized carbons (Fsp3) is 0.545. The third kappa shape index (κ3) is 3.17. The van der Waals surface area contributed by atoms with Crippen molar-refractivity contribution in [3.63, 3.8) is 0 Å². The van der Waals surface area contributed by atoms with Crippen molar-refractivity contribution in [3.05, 3.63) is 18.3 Å². The van der Waals surface area contributed by atoms with Crippen molar-refractivity contribution in [2.45, 2.75) is 37.3 Å². The summed E-state index contributed by atoms with van der Waals surface area (Å²) in [6.07, 6.45) is 4.72. The molecule has 1 saturated carbocycles. The largest absolute Gasteiger partial charge is 0.396 e. The lowest BCUT2D eigenvalue weighted by Crippen LogP contribution is -2.33. The van der Waals surface area contributed by atoms with Crippen LogP contribution in [0.25, 0.3) is 0 Å². The molecule has 1 aliphatic carbocycles. The van der Waals surface area contributed by atoms with E-state index in [1.165, 1.54) is 25.1 Å². The molecule has 0 bridgehead atoms. The Morgan fingerprint density at radius 3 is 2.88 bits per heavy atom. The highest BCUT2D eigenvalue weighted by Gasteiger charge is 2.27. The highest BCUT2D eigenvalue weighted by atomic mass is 32.2. The molecular weight excluding hydrogens is 238 g/mol. The number of nitrogens with two attached hydrogens (primary N) is 1. The second-order valence-corrected chi connectivity index (χ2v) is 6.23. The molecule has 0 amide bonds. The van der Waals surface area contributed by atoms with Gasteiger partial charge in [0.1, 0.15) is 0 Å². The first-order chi connectivity index (χ1) is 7.99. The van der Waals surface area contributed by atoms with Gasteiger partial charge in [-0.2, -0.15) is 0 Å². The average Bonchev–Trinajstić information content (AvgIpc) is 3.00. The number of anilines is 1. The molecular formula is C11H17N3O2S. The van der Waals surface area contributed by atoms with Crippen LogP contribution < -0.4 is 10.5 Å². The highest BCUT2D eigenvalue weighted by Crippen LogP contribution is 2.33. The number of rotatable bonds is 5. The summed E-state index contributed by atoms with van der Waals surface area (Å²) in [6, 6.07) is 3.07. The molecule has 0 aliphatic heterocycles. The predicted molar refractivity (Wildman–Crippen MR) is 65.8 cm³/mol. The van der Waals surface area contributed by atoms with Crippen LogP contribution in [0.4, 0.5) is 5.69 Å². The maximum absolute atomic E-state index is 12.0. The lowest BCUT2D eigenvalue weighted by molar-refractivity contribution is 0.528. The standard InChI is InChI=1S/C11H17N3O2S/c1-8(7-9-4-5-9)14-17(15,16)11-10(12)3-2-6-13-11/h2-3,6,8-9,14H,4-5,7,12H2,1H3. The molecule has 1 heterocycles. The van der Waals surface area contributed by atoms with Crippen molar-refractivity contribution in [3.8, 4) is 0 Å². The highest BCUT2D eigenvalue weighted by molar-refractivity contribution is 7.89. The molecule has 6 heteroatoms. The molecule has 94 valence electrons. The zero-order valence-electron chi connectivity index (χ0n) is 9.76. The van der Waals surface area contributed by atoms with Gasteiger partial charge >= 0.3 is 0 Å². The van der Waals surface area contributed by atoms with Crippen LogP contribution in [0.2, 0.25) is 0 Å². The Hall–Kier alpha value is -1.14. The van der Waals surface area contributed by atoms with E-state index in [4.69, 9.17) is 5.73 Å². The molecule has 0 saturated heterocycles. The quantitative estimate of drug-likeness (QED) is 0.826. The third-order valence-corrected chi connectivity index (χ3v) is 4.36. The molecule has 0 spiro atoms. The van der Waals surface area contributed by atoms with Crippen LogP contribution >= 0.6 is 0 Å². The second-order valence-electron chi connectivity index (χ2n) is 4.60. The molecule has 0 aromatic carbocycles. The topological polar surface area (TPSA) is 85.1 Å². The first-order valence-electron chi connectivity index (χ1n) is 5.72. The summed E-state index contributed by atoms with van der Waals surface area (Å²) in [5.74, 6) is 0.675. The molecule has 2 rings (SSSR count). The minimum absolute atomic E-state index is 0.0751. The minimum Gasteiger partial charge on any atom is -0.396 e. The Morgan fingerprint density at radius 1 is 1.59 bits per heavy atom. The Labute approximate surface area is 101 Å². The third-order valence-electron chi connectivity index (χ3n) is 2.80. The number of nitrogen functional groups attached to an aromatic ring is 1. The summed E-state index contributed by atoms with van der Waals surface area (Å²) in [4.78, 5) is 3.82. The van der Waals surface area contributed by atoms with Crippen molar-refractivity contribution < 1.29 is 8.42 Å². The summed E-state index contributed by atoms with van der Waals surface area (Å²) < 4.78 is 26.6. The molecule has 1 aromatic heterocycles. The van der Waals surface area contributed by atoms with Crippen molar-refractivity contribution >= 4 is 15.7 Å². The molecule has 0 radical (unpaired) electrons. The maximum Gasteiger partial charge on any atom is 0.260 e. The van der Waals surface area contributed by atoms with E-state index in [2.05, 4.69) is 9.71 Å². The van der Waals surface area contributed by atoms with Crippen molar-refractivity contribution in [1.82, 2.24) is 9.71 Å². The lowest BCUT2D eigenvalue weighted by Gasteiger charge is -2.14. The summed E-state index contributed by atoms with van der Waals surface area (Å²) in [6.45, 7) is 1.87. The van der Waals surface area contributed by atoms with Gasteiger partial charge in [-0.25, -0.2) is 18.1 Å². The van der Waals surface area contributed by atoms with Gasteiger partial charge in [-0.05, 0) is 31.4 Å². The molecule has 5 nitrogen and oxygen atoms in total. The van der Waals surface area contributed by atoms with Crippen LogP contribution in [0, 0.1) is 5.92 Å². The van der Waals surface area contributed by atoms with E-state index in [1.807, 2.05) is 6.92 Å². The van der Waals surface area contributed by atoms with E-state index < -0.39 is 10.0 Å². The molecule has 1 aliphatic rings. The Bertz CT molecular complexity index is 497. The van der Waals surface area contributed by atoms with Gasteiger partial charge in [-0.15, -0.1) is 0 Å². The number of pyridine rings is 1. The van der Waals surface area contributed by atoms with Crippen LogP contribution in [0.3, 0.4) is 0 Å². The van der Waals surface area contributed by atoms with Gasteiger partial charge in [-0.3, -0.25) is 0 Å². The molecule has 3 N–H and O–H groups in total. The number of hydrogen-bond acceptors (Lipinski definition) is 4. The molecule has 17 heavy (non-hydrogen) atoms. The molecule has 1 atom stereocenters. The number of nitrogens with one attached hydrogen (secondary N) is 1. The Balaban J connectivity index is 2.10. The first kappa shape index (κ1) is 12.3. The number of nitrogens with zero attached hydrogens (tertiary/aromatic N) is 1. The first-order valence-corrected chi connectivity index (χ1v) is 7.20. The summed E-state index contributed by atoms with van der Waals surface area (Å²) in [5, 5.41) is -0.0809. The fourth-order valence-electron chi connectivity index (χ4n) is 1.85. The lowest BCUT2D eigenvalue weighted by atomic mass is 10.2. The average molecular weight is 255 g/mol. The molecule has 1 aromatic rings. The second kappa shape index (κ2) is 4.62. The summed E-state index contributed by atoms with van der Waals surface area (Å²) in [5.41, 5.74) is 5.79. The monoisotopic (exact) mass is 255 g/mol. The SMILES string of the molecule is CC(CC1CC1)NS(=O)(=O)c1ncccc1N. The van der Waals surface area contributed by atoms with Crippen molar-refractivity contribution in [1.29, 1.82) is 0 Å². The Morgan fingerprint density at radius 2 is 2.29 bits per heavy atom. The zero-order valence-corrected chi connectivity index (χ0v) is 10.6. The van der Waals surface area contributed by atoms with Gasteiger partial charge in [0.25, 0.3) is 10.0 Å². The smallest absolute Gasteiger partial charge is 0.260 e. The van der Waals surface area contributed by atoms with Crippen LogP contribution in [-0.2, 0) is 10.0 Å². The van der Waals surface area contributed by atoms with Crippen molar-refractivity contribution in [2.75, 3.05) is 5.73 Å². The van der Waals surface area contributed by atoms with Gasteiger partial charge in [-0.1, -0.05) is 12.8 Å². The van der Waals surface area contributed by atoms with E-state index in [1.54, 1.807) is 6.07 Å². The Kier molecular flexibility index (Phi) is 3.35. The van der Waals surface area contributed by atoms with Crippen LogP contribution in [0.1, 0.15) is 26.2 Å². The minimum atomic E-state index is -3.59. The number of hydrogen-bond donors (Lipinski definition) is 2. The number of aromatic nitrogens is 1. The van der Waals surface area contributed by atoms with E-state index in [-0.39, 0.29) is 16.8 Å². The van der Waals surface area contributed by atoms with E-state index in [0.717, 1.165) is 6.42 Å². The molecule has 1 fully saturated rings. The van der Waals surface area contributed by atoms with Gasteiger partial charge in [0.2, 0.25) is 0 Å². The fourth-order valence-corrected chi connectivity index (χ4v) is 3.17. The van der Waals surface area contributed by atoms with Gasteiger partial charge in [0, 0.05) is 12.2 Å². The van der Waals surface area contributed by atoms with Gasteiger partial charge in [0.05, 0.1) is 5.69 Å². The van der Waals surface area contributed by atoms with Gasteiger partial charge in [0.15, 0.2) is 5.03 Å². The van der Waals surface area contributed by atoms with Crippen LogP contribution in [0.5, 0.6) is 0 Å². The summed E-state index contributed by atoms with van der Waals surface area (Å²) in [7, 11) is -3.59. The zero-order chi connectivity index (χ0) is 12.5. The maximum atomic E-state index is 12.0. The van der Waals surface area contributed by atoms with Crippen LogP contribution in [-0.4, -0.2) is 19.4 Å². The van der Waals surface area contributed by atoms with Crippen LogP contribution in [0.15, 0.2) is 23.4 Å². The summed E-state index contributed by atoms with van der Waals surface area (Å²) >= 11 is 0.